The summed E-state index contributed by atoms with van der Waals surface area (Å²) in [6, 6.07) is 8.98. The molecule has 2 aromatic heterocycles. The summed E-state index contributed by atoms with van der Waals surface area (Å²) in [5, 5.41) is 8.97. The Balaban J connectivity index is 1.63. The molecule has 0 saturated carbocycles. The summed E-state index contributed by atoms with van der Waals surface area (Å²) in [6.45, 7) is 3.92. The van der Waals surface area contributed by atoms with E-state index >= 15 is 0 Å². The molecular weight excluding hydrogens is 358 g/mol. The second-order valence-corrected chi connectivity index (χ2v) is 6.33. The molecule has 0 amide bonds. The molecule has 3 rings (SSSR count). The van der Waals surface area contributed by atoms with Crippen LogP contribution < -0.4 is 10.5 Å². The summed E-state index contributed by atoms with van der Waals surface area (Å²) in [4.78, 5) is 20.6. The molecule has 0 atom stereocenters. The zero-order valence-corrected chi connectivity index (χ0v) is 14.1. The Labute approximate surface area is 142 Å². The summed E-state index contributed by atoms with van der Waals surface area (Å²) in [7, 11) is 0. The third kappa shape index (κ3) is 3.78. The SMILES string of the molecule is N#Cc1ccnc(N2CCN(Cn3cc(Br)ccc3=O)CC2)c1. The maximum atomic E-state index is 11.9. The number of rotatable bonds is 3. The lowest BCUT2D eigenvalue weighted by molar-refractivity contribution is 0.202. The fraction of sp³-hybridized carbons (Fsp3) is 0.312. The Morgan fingerprint density at radius 1 is 1.22 bits per heavy atom. The van der Waals surface area contributed by atoms with Gasteiger partial charge in [0.2, 0.25) is 0 Å². The van der Waals surface area contributed by atoms with Gasteiger partial charge in [-0.25, -0.2) is 4.98 Å². The predicted molar refractivity (Wildman–Crippen MR) is 91.1 cm³/mol. The average molecular weight is 374 g/mol. The molecule has 0 spiro atoms. The van der Waals surface area contributed by atoms with Gasteiger partial charge in [-0.05, 0) is 34.1 Å². The summed E-state index contributed by atoms with van der Waals surface area (Å²) in [5.74, 6) is 0.836. The van der Waals surface area contributed by atoms with Crippen molar-refractivity contribution in [3.05, 3.63) is 57.0 Å². The quantitative estimate of drug-likeness (QED) is 0.818. The summed E-state index contributed by atoms with van der Waals surface area (Å²) in [6.07, 6.45) is 3.48. The zero-order chi connectivity index (χ0) is 16.2. The van der Waals surface area contributed by atoms with Gasteiger partial charge in [-0.3, -0.25) is 9.69 Å². The molecule has 0 radical (unpaired) electrons. The summed E-state index contributed by atoms with van der Waals surface area (Å²) >= 11 is 3.39. The number of nitriles is 1. The van der Waals surface area contributed by atoms with E-state index in [9.17, 15) is 4.79 Å². The first-order chi connectivity index (χ1) is 11.2. The van der Waals surface area contributed by atoms with Gasteiger partial charge in [0.05, 0.1) is 18.3 Å². The molecule has 23 heavy (non-hydrogen) atoms. The number of nitrogens with zero attached hydrogens (tertiary/aromatic N) is 5. The van der Waals surface area contributed by atoms with Gasteiger partial charge in [0.25, 0.3) is 5.56 Å². The molecule has 1 aliphatic rings. The number of anilines is 1. The molecule has 3 heterocycles. The first kappa shape index (κ1) is 15.7. The van der Waals surface area contributed by atoms with Gasteiger partial charge < -0.3 is 9.47 Å². The Hall–Kier alpha value is -2.17. The van der Waals surface area contributed by atoms with E-state index < -0.39 is 0 Å². The van der Waals surface area contributed by atoms with Gasteiger partial charge in [0.1, 0.15) is 5.82 Å². The molecule has 0 N–H and O–H groups in total. The fourth-order valence-corrected chi connectivity index (χ4v) is 2.99. The monoisotopic (exact) mass is 373 g/mol. The van der Waals surface area contributed by atoms with Crippen molar-refractivity contribution in [2.75, 3.05) is 31.1 Å². The number of piperazine rings is 1. The standard InChI is InChI=1S/C16H16BrN5O/c17-14-1-2-16(23)22(11-14)12-20-5-7-21(8-6-20)15-9-13(10-18)3-4-19-15/h1-4,9,11H,5-8,12H2. The topological polar surface area (TPSA) is 65.2 Å². The van der Waals surface area contributed by atoms with Gasteiger partial charge >= 0.3 is 0 Å². The van der Waals surface area contributed by atoms with Crippen LogP contribution in [-0.2, 0) is 6.67 Å². The molecule has 1 fully saturated rings. The second-order valence-electron chi connectivity index (χ2n) is 5.42. The minimum absolute atomic E-state index is 0.000910. The largest absolute Gasteiger partial charge is 0.354 e. The minimum Gasteiger partial charge on any atom is -0.354 e. The smallest absolute Gasteiger partial charge is 0.251 e. The Kier molecular flexibility index (Phi) is 4.74. The number of hydrogen-bond acceptors (Lipinski definition) is 5. The van der Waals surface area contributed by atoms with E-state index in [1.807, 2.05) is 12.3 Å². The van der Waals surface area contributed by atoms with Crippen molar-refractivity contribution in [3.63, 3.8) is 0 Å². The van der Waals surface area contributed by atoms with E-state index in [1.165, 1.54) is 0 Å². The van der Waals surface area contributed by atoms with Gasteiger partial charge in [-0.2, -0.15) is 5.26 Å². The van der Waals surface area contributed by atoms with Crippen LogP contribution in [0.3, 0.4) is 0 Å². The molecule has 6 nitrogen and oxygen atoms in total. The normalized spacial score (nSPS) is 15.4. The highest BCUT2D eigenvalue weighted by atomic mass is 79.9. The highest BCUT2D eigenvalue weighted by molar-refractivity contribution is 9.10. The number of halogens is 1. The van der Waals surface area contributed by atoms with Crippen molar-refractivity contribution < 1.29 is 0 Å². The van der Waals surface area contributed by atoms with Crippen LogP contribution in [0.5, 0.6) is 0 Å². The molecule has 0 bridgehead atoms. The Bertz CT molecular complexity index is 790. The highest BCUT2D eigenvalue weighted by Crippen LogP contribution is 2.15. The number of hydrogen-bond donors (Lipinski definition) is 0. The molecule has 1 saturated heterocycles. The van der Waals surface area contributed by atoms with Crippen LogP contribution in [0.4, 0.5) is 5.82 Å². The molecule has 0 aromatic carbocycles. The van der Waals surface area contributed by atoms with Crippen molar-refractivity contribution in [1.82, 2.24) is 14.5 Å². The van der Waals surface area contributed by atoms with Gasteiger partial charge in [-0.15, -0.1) is 0 Å². The van der Waals surface area contributed by atoms with E-state index in [2.05, 4.69) is 36.8 Å². The van der Waals surface area contributed by atoms with E-state index in [4.69, 9.17) is 5.26 Å². The van der Waals surface area contributed by atoms with Crippen molar-refractivity contribution >= 4 is 21.7 Å². The zero-order valence-electron chi connectivity index (χ0n) is 12.5. The van der Waals surface area contributed by atoms with Crippen LogP contribution >= 0.6 is 15.9 Å². The molecular formula is C16H16BrN5O. The van der Waals surface area contributed by atoms with Crippen LogP contribution in [0.15, 0.2) is 45.9 Å². The molecule has 118 valence electrons. The maximum absolute atomic E-state index is 11.9. The first-order valence-electron chi connectivity index (χ1n) is 7.35. The third-order valence-corrected chi connectivity index (χ3v) is 4.34. The third-order valence-electron chi connectivity index (χ3n) is 3.87. The molecule has 2 aromatic rings. The Morgan fingerprint density at radius 2 is 2.00 bits per heavy atom. The first-order valence-corrected chi connectivity index (χ1v) is 8.14. The van der Waals surface area contributed by atoms with Gasteiger partial charge in [0.15, 0.2) is 0 Å². The van der Waals surface area contributed by atoms with E-state index in [0.29, 0.717) is 12.2 Å². The average Bonchev–Trinajstić information content (AvgIpc) is 2.59. The van der Waals surface area contributed by atoms with Gasteiger partial charge in [-0.1, -0.05) is 0 Å². The maximum Gasteiger partial charge on any atom is 0.251 e. The van der Waals surface area contributed by atoms with Crippen LogP contribution in [0.2, 0.25) is 0 Å². The van der Waals surface area contributed by atoms with E-state index in [0.717, 1.165) is 36.5 Å². The lowest BCUT2D eigenvalue weighted by Crippen LogP contribution is -2.48. The fourth-order valence-electron chi connectivity index (χ4n) is 2.61. The van der Waals surface area contributed by atoms with Crippen molar-refractivity contribution in [1.29, 1.82) is 5.26 Å². The lowest BCUT2D eigenvalue weighted by Gasteiger charge is -2.35. The number of aromatic nitrogens is 2. The molecule has 1 aliphatic heterocycles. The molecule has 0 unspecified atom stereocenters. The van der Waals surface area contributed by atoms with Crippen LogP contribution in [0.25, 0.3) is 0 Å². The number of pyridine rings is 2. The Morgan fingerprint density at radius 3 is 2.74 bits per heavy atom. The predicted octanol–water partition coefficient (Wildman–Crippen LogP) is 1.66. The lowest BCUT2D eigenvalue weighted by atomic mass is 10.2. The van der Waals surface area contributed by atoms with Crippen LogP contribution in [0, 0.1) is 11.3 Å². The highest BCUT2D eigenvalue weighted by Gasteiger charge is 2.18. The van der Waals surface area contributed by atoms with E-state index in [1.54, 1.807) is 29.0 Å². The van der Waals surface area contributed by atoms with Crippen molar-refractivity contribution in [2.24, 2.45) is 0 Å². The van der Waals surface area contributed by atoms with E-state index in [-0.39, 0.29) is 5.56 Å². The molecule has 7 heteroatoms. The molecule has 0 aliphatic carbocycles. The van der Waals surface area contributed by atoms with Crippen molar-refractivity contribution in [2.45, 2.75) is 6.67 Å². The summed E-state index contributed by atoms with van der Waals surface area (Å²) < 4.78 is 2.60. The van der Waals surface area contributed by atoms with Crippen LogP contribution in [0.1, 0.15) is 5.56 Å². The van der Waals surface area contributed by atoms with Crippen molar-refractivity contribution in [3.8, 4) is 6.07 Å². The second kappa shape index (κ2) is 6.94. The van der Waals surface area contributed by atoms with Crippen LogP contribution in [-0.4, -0.2) is 40.6 Å². The van der Waals surface area contributed by atoms with Gasteiger partial charge in [0, 0.05) is 49.1 Å². The summed E-state index contributed by atoms with van der Waals surface area (Å²) in [5.41, 5.74) is 0.622. The minimum atomic E-state index is -0.000910.